The van der Waals surface area contributed by atoms with E-state index < -0.39 is 25.9 Å². The highest BCUT2D eigenvalue weighted by Gasteiger charge is 2.23. The quantitative estimate of drug-likeness (QED) is 0.667. The smallest absolute Gasteiger partial charge is 0.242 e. The van der Waals surface area contributed by atoms with E-state index in [4.69, 9.17) is 5.73 Å². The van der Waals surface area contributed by atoms with E-state index in [0.29, 0.717) is 6.42 Å². The molecule has 0 saturated carbocycles. The molecule has 146 valence electrons. The number of nitrogens with one attached hydrogen (secondary N) is 1. The average molecular weight is 418 g/mol. The molecule has 0 radical (unpaired) electrons. The predicted octanol–water partition coefficient (Wildman–Crippen LogP) is 1.61. The summed E-state index contributed by atoms with van der Waals surface area (Å²) in [6.07, 6.45) is 1.35. The number of rotatable bonds is 8. The first-order valence-corrected chi connectivity index (χ1v) is 10.7. The molecule has 0 spiro atoms. The van der Waals surface area contributed by atoms with Gasteiger partial charge in [0, 0.05) is 19.6 Å². The molecule has 0 amide bonds. The van der Waals surface area contributed by atoms with Crippen molar-refractivity contribution in [1.29, 1.82) is 0 Å². The van der Waals surface area contributed by atoms with E-state index >= 15 is 0 Å². The number of benzene rings is 1. The number of nitrogens with zero attached hydrogens (tertiary/aromatic N) is 1. The molecule has 1 rings (SSSR count). The maximum atomic E-state index is 14.0. The van der Waals surface area contributed by atoms with E-state index in [9.17, 15) is 21.2 Å². The number of hydrogen-bond acceptors (Lipinski definition) is 5. The Labute approximate surface area is 155 Å². The number of anilines is 1. The molecule has 7 nitrogen and oxygen atoms in total. The van der Waals surface area contributed by atoms with E-state index in [0.717, 1.165) is 28.8 Å². The number of halogens is 2. The van der Waals surface area contributed by atoms with Crippen LogP contribution >= 0.6 is 12.4 Å². The summed E-state index contributed by atoms with van der Waals surface area (Å²) in [7, 11) is -6.15. The van der Waals surface area contributed by atoms with Crippen LogP contribution < -0.4 is 10.5 Å². The first-order chi connectivity index (χ1) is 10.8. The highest BCUT2D eigenvalue weighted by molar-refractivity contribution is 7.92. The van der Waals surface area contributed by atoms with Gasteiger partial charge < -0.3 is 5.73 Å². The molecule has 11 heteroatoms. The molecule has 1 aromatic carbocycles. The summed E-state index contributed by atoms with van der Waals surface area (Å²) < 4.78 is 64.2. The van der Waals surface area contributed by atoms with Crippen LogP contribution in [0.1, 0.15) is 20.3 Å². The van der Waals surface area contributed by atoms with E-state index in [2.05, 4.69) is 0 Å². The Hall–Kier alpha value is -0.940. The summed E-state index contributed by atoms with van der Waals surface area (Å²) in [5.74, 6) is -0.742. The predicted molar refractivity (Wildman–Crippen MR) is 99.4 cm³/mol. The summed E-state index contributed by atoms with van der Waals surface area (Å²) >= 11 is 0. The van der Waals surface area contributed by atoms with Gasteiger partial charge in [-0.1, -0.05) is 13.8 Å². The van der Waals surface area contributed by atoms with Crippen LogP contribution in [0.4, 0.5) is 10.1 Å². The second-order valence-electron chi connectivity index (χ2n) is 6.04. The van der Waals surface area contributed by atoms with Gasteiger partial charge in [-0.2, -0.15) is 0 Å². The van der Waals surface area contributed by atoms with Gasteiger partial charge in [0.05, 0.1) is 16.8 Å². The molecule has 0 fully saturated rings. The Morgan fingerprint density at radius 1 is 1.24 bits per heavy atom. The minimum Gasteiger partial charge on any atom is -0.327 e. The molecule has 0 aliphatic carbocycles. The zero-order valence-electron chi connectivity index (χ0n) is 14.6. The zero-order valence-corrected chi connectivity index (χ0v) is 17.0. The van der Waals surface area contributed by atoms with Crippen molar-refractivity contribution < 1.29 is 21.2 Å². The lowest BCUT2D eigenvalue weighted by Gasteiger charge is -2.21. The van der Waals surface area contributed by atoms with Gasteiger partial charge in [-0.05, 0) is 30.5 Å². The normalized spacial score (nSPS) is 13.6. The van der Waals surface area contributed by atoms with Crippen LogP contribution in [0.15, 0.2) is 23.1 Å². The molecule has 1 unspecified atom stereocenters. The van der Waals surface area contributed by atoms with Crippen molar-refractivity contribution in [2.24, 2.45) is 11.7 Å². The molecule has 0 aliphatic rings. The van der Waals surface area contributed by atoms with Crippen LogP contribution in [0, 0.1) is 11.7 Å². The van der Waals surface area contributed by atoms with Crippen molar-refractivity contribution in [3.8, 4) is 0 Å². The molecule has 1 atom stereocenters. The molecule has 0 aromatic heterocycles. The van der Waals surface area contributed by atoms with Gasteiger partial charge in [0.2, 0.25) is 20.0 Å². The van der Waals surface area contributed by atoms with Crippen molar-refractivity contribution in [1.82, 2.24) is 4.31 Å². The van der Waals surface area contributed by atoms with E-state index in [1.54, 1.807) is 0 Å². The fourth-order valence-corrected chi connectivity index (χ4v) is 3.67. The topological polar surface area (TPSA) is 110 Å². The van der Waals surface area contributed by atoms with Crippen LogP contribution in [0.25, 0.3) is 0 Å². The van der Waals surface area contributed by atoms with E-state index in [1.807, 2.05) is 18.6 Å². The molecule has 1 aromatic rings. The number of hydrogen-bond donors (Lipinski definition) is 2. The minimum absolute atomic E-state index is 0. The molecule has 3 N–H and O–H groups in total. The summed E-state index contributed by atoms with van der Waals surface area (Å²) in [6.45, 7) is 4.09. The summed E-state index contributed by atoms with van der Waals surface area (Å²) in [6, 6.07) is 2.89. The lowest BCUT2D eigenvalue weighted by molar-refractivity contribution is 0.397. The van der Waals surface area contributed by atoms with Crippen molar-refractivity contribution in [3.63, 3.8) is 0 Å². The molecule has 0 aliphatic heterocycles. The molecule has 25 heavy (non-hydrogen) atoms. The highest BCUT2D eigenvalue weighted by atomic mass is 35.5. The Bertz CT molecular complexity index is 785. The molecule has 0 bridgehead atoms. The molecular formula is C14H25ClFN3O4S2. The minimum atomic E-state index is -3.88. The largest absolute Gasteiger partial charge is 0.327 e. The van der Waals surface area contributed by atoms with Crippen molar-refractivity contribution >= 4 is 38.1 Å². The van der Waals surface area contributed by atoms with Gasteiger partial charge in [-0.3, -0.25) is 4.72 Å². The van der Waals surface area contributed by atoms with E-state index in [1.165, 1.54) is 7.05 Å². The summed E-state index contributed by atoms with van der Waals surface area (Å²) in [4.78, 5) is -0.250. The van der Waals surface area contributed by atoms with Gasteiger partial charge in [-0.25, -0.2) is 25.5 Å². The lowest BCUT2D eigenvalue weighted by Crippen LogP contribution is -2.34. The average Bonchev–Trinajstić information content (AvgIpc) is 2.44. The Morgan fingerprint density at radius 2 is 1.80 bits per heavy atom. The first-order valence-electron chi connectivity index (χ1n) is 7.34. The molecule has 0 heterocycles. The fourth-order valence-electron chi connectivity index (χ4n) is 1.90. The second kappa shape index (κ2) is 9.13. The number of nitrogens with two attached hydrogens (primary N) is 1. The first kappa shape index (κ1) is 24.1. The Morgan fingerprint density at radius 3 is 2.24 bits per heavy atom. The van der Waals surface area contributed by atoms with Crippen molar-refractivity contribution in [2.45, 2.75) is 31.2 Å². The van der Waals surface area contributed by atoms with Crippen LogP contribution in [-0.4, -0.2) is 47.0 Å². The monoisotopic (exact) mass is 417 g/mol. The van der Waals surface area contributed by atoms with Crippen LogP contribution in [-0.2, 0) is 20.0 Å². The third kappa shape index (κ3) is 7.06. The molecular weight excluding hydrogens is 393 g/mol. The van der Waals surface area contributed by atoms with E-state index in [-0.39, 0.29) is 41.5 Å². The van der Waals surface area contributed by atoms with Gasteiger partial charge in [0.1, 0.15) is 5.82 Å². The fraction of sp³-hybridized carbons (Fsp3) is 0.571. The zero-order chi connectivity index (χ0) is 18.7. The van der Waals surface area contributed by atoms with Gasteiger partial charge in [0.15, 0.2) is 0 Å². The van der Waals surface area contributed by atoms with Crippen LogP contribution in [0.5, 0.6) is 0 Å². The Kier molecular flexibility index (Phi) is 8.79. The van der Waals surface area contributed by atoms with Crippen molar-refractivity contribution in [2.75, 3.05) is 24.6 Å². The third-order valence-corrected chi connectivity index (χ3v) is 6.02. The Balaban J connectivity index is 0.00000576. The van der Waals surface area contributed by atoms with Gasteiger partial charge in [0.25, 0.3) is 0 Å². The third-order valence-electron chi connectivity index (χ3n) is 3.58. The standard InChI is InChI=1S/C14H24FN3O4S2.ClH/c1-10(2)13(16)7-8-18(3)24(21,22)11-5-6-14(12(15)9-11)17-23(4,19)20;/h5-6,9-10,13,17H,7-8,16H2,1-4H3;1H. The SMILES string of the molecule is CC(C)C(N)CCN(C)S(=O)(=O)c1ccc(NS(C)(=O)=O)c(F)c1.Cl. The maximum Gasteiger partial charge on any atom is 0.242 e. The summed E-state index contributed by atoms with van der Waals surface area (Å²) in [5, 5.41) is 0. The summed E-state index contributed by atoms with van der Waals surface area (Å²) in [5.41, 5.74) is 5.60. The van der Waals surface area contributed by atoms with Crippen LogP contribution in [0.2, 0.25) is 0 Å². The van der Waals surface area contributed by atoms with Crippen molar-refractivity contribution in [3.05, 3.63) is 24.0 Å². The van der Waals surface area contributed by atoms with Gasteiger partial charge in [-0.15, -0.1) is 12.4 Å². The van der Waals surface area contributed by atoms with Crippen LogP contribution in [0.3, 0.4) is 0 Å². The lowest BCUT2D eigenvalue weighted by atomic mass is 10.0. The highest BCUT2D eigenvalue weighted by Crippen LogP contribution is 2.22. The maximum absolute atomic E-state index is 14.0. The number of sulfonamides is 2. The second-order valence-corrected chi connectivity index (χ2v) is 9.83. The van der Waals surface area contributed by atoms with Gasteiger partial charge >= 0.3 is 0 Å². The molecule has 0 saturated heterocycles.